The normalized spacial score (nSPS) is 9.94. The highest BCUT2D eigenvalue weighted by molar-refractivity contribution is 6.36. The number of nitrogens with one attached hydrogen (secondary N) is 1. The van der Waals surface area contributed by atoms with Crippen molar-refractivity contribution in [2.45, 2.75) is 13.5 Å². The van der Waals surface area contributed by atoms with E-state index in [0.29, 0.717) is 11.6 Å². The minimum Gasteiger partial charge on any atom is -0.345 e. The lowest BCUT2D eigenvalue weighted by Crippen LogP contribution is -2.34. The van der Waals surface area contributed by atoms with Crippen LogP contribution in [0, 0.1) is 6.92 Å². The molecular weight excluding hydrogens is 228 g/mol. The summed E-state index contributed by atoms with van der Waals surface area (Å²) in [4.78, 5) is 22.1. The summed E-state index contributed by atoms with van der Waals surface area (Å²) in [5.74, 6) is -1.27. The SMILES string of the molecule is Cc1cc(Cl)ccc1CNC(=O)C(=O)CN. The standard InChI is InChI=1S/C11H13ClN2O2/c1-7-4-9(12)3-2-8(7)6-14-11(16)10(15)5-13/h2-4H,5-6,13H2,1H3,(H,14,16). The number of aryl methyl sites for hydroxylation is 1. The molecule has 0 saturated heterocycles. The molecule has 0 fully saturated rings. The molecule has 5 heteroatoms. The van der Waals surface area contributed by atoms with E-state index in [0.717, 1.165) is 11.1 Å². The van der Waals surface area contributed by atoms with Crippen LogP contribution < -0.4 is 11.1 Å². The summed E-state index contributed by atoms with van der Waals surface area (Å²) in [6.45, 7) is 1.91. The van der Waals surface area contributed by atoms with Crippen LogP contribution in [-0.4, -0.2) is 18.2 Å². The van der Waals surface area contributed by atoms with E-state index < -0.39 is 11.7 Å². The van der Waals surface area contributed by atoms with Crippen molar-refractivity contribution in [3.05, 3.63) is 34.3 Å². The second-order valence-electron chi connectivity index (χ2n) is 3.38. The van der Waals surface area contributed by atoms with E-state index in [1.54, 1.807) is 12.1 Å². The minimum absolute atomic E-state index is 0.272. The number of carbonyl (C=O) groups is 2. The highest BCUT2D eigenvalue weighted by Gasteiger charge is 2.10. The molecule has 16 heavy (non-hydrogen) atoms. The molecule has 0 aliphatic carbocycles. The van der Waals surface area contributed by atoms with Gasteiger partial charge in [0.05, 0.1) is 6.54 Å². The zero-order valence-electron chi connectivity index (χ0n) is 8.92. The molecule has 0 aliphatic heterocycles. The third-order valence-corrected chi connectivity index (χ3v) is 2.42. The molecule has 0 atom stereocenters. The van der Waals surface area contributed by atoms with Crippen molar-refractivity contribution in [3.63, 3.8) is 0 Å². The van der Waals surface area contributed by atoms with Crippen LogP contribution in [0.2, 0.25) is 5.02 Å². The van der Waals surface area contributed by atoms with Crippen molar-refractivity contribution in [3.8, 4) is 0 Å². The van der Waals surface area contributed by atoms with E-state index in [9.17, 15) is 9.59 Å². The third-order valence-electron chi connectivity index (χ3n) is 2.18. The molecule has 0 radical (unpaired) electrons. The Hall–Kier alpha value is -1.39. The average molecular weight is 241 g/mol. The van der Waals surface area contributed by atoms with Gasteiger partial charge in [-0.05, 0) is 30.2 Å². The molecule has 1 amide bonds. The molecule has 0 unspecified atom stereocenters. The minimum atomic E-state index is -0.656. The van der Waals surface area contributed by atoms with E-state index in [4.69, 9.17) is 17.3 Å². The summed E-state index contributed by atoms with van der Waals surface area (Å²) >= 11 is 5.79. The molecule has 0 saturated carbocycles. The Morgan fingerprint density at radius 2 is 2.12 bits per heavy atom. The van der Waals surface area contributed by atoms with Crippen molar-refractivity contribution in [1.82, 2.24) is 5.32 Å². The lowest BCUT2D eigenvalue weighted by Gasteiger charge is -2.07. The smallest absolute Gasteiger partial charge is 0.289 e. The summed E-state index contributed by atoms with van der Waals surface area (Å²) < 4.78 is 0. The van der Waals surface area contributed by atoms with Crippen molar-refractivity contribution in [2.75, 3.05) is 6.54 Å². The zero-order valence-corrected chi connectivity index (χ0v) is 9.67. The second kappa shape index (κ2) is 5.63. The Labute approximate surface area is 98.8 Å². The fraction of sp³-hybridized carbons (Fsp3) is 0.273. The first-order chi connectivity index (χ1) is 7.54. The molecule has 4 nitrogen and oxygen atoms in total. The first kappa shape index (κ1) is 12.7. The van der Waals surface area contributed by atoms with Gasteiger partial charge in [-0.1, -0.05) is 17.7 Å². The summed E-state index contributed by atoms with van der Waals surface area (Å²) in [6.07, 6.45) is 0. The lowest BCUT2D eigenvalue weighted by atomic mass is 10.1. The molecule has 3 N–H and O–H groups in total. The molecule has 1 aromatic carbocycles. The van der Waals surface area contributed by atoms with Crippen LogP contribution in [0.4, 0.5) is 0 Å². The monoisotopic (exact) mass is 240 g/mol. The number of nitrogens with two attached hydrogens (primary N) is 1. The molecule has 1 rings (SSSR count). The Balaban J connectivity index is 2.61. The van der Waals surface area contributed by atoms with Crippen molar-refractivity contribution >= 4 is 23.3 Å². The van der Waals surface area contributed by atoms with Gasteiger partial charge in [-0.15, -0.1) is 0 Å². The molecular formula is C11H13ClN2O2. The van der Waals surface area contributed by atoms with Gasteiger partial charge in [0.1, 0.15) is 0 Å². The molecule has 0 aliphatic rings. The predicted molar refractivity (Wildman–Crippen MR) is 62.1 cm³/mol. The fourth-order valence-corrected chi connectivity index (χ4v) is 1.45. The first-order valence-electron chi connectivity index (χ1n) is 4.80. The summed E-state index contributed by atoms with van der Waals surface area (Å²) in [6, 6.07) is 5.35. The molecule has 0 bridgehead atoms. The molecule has 1 aromatic rings. The number of rotatable bonds is 4. The van der Waals surface area contributed by atoms with Crippen LogP contribution in [0.25, 0.3) is 0 Å². The van der Waals surface area contributed by atoms with Crippen molar-refractivity contribution in [1.29, 1.82) is 0 Å². The van der Waals surface area contributed by atoms with Crippen LogP contribution >= 0.6 is 11.6 Å². The van der Waals surface area contributed by atoms with Gasteiger partial charge in [-0.25, -0.2) is 0 Å². The third kappa shape index (κ3) is 3.32. The van der Waals surface area contributed by atoms with Crippen LogP contribution in [0.5, 0.6) is 0 Å². The van der Waals surface area contributed by atoms with Crippen LogP contribution in [-0.2, 0) is 16.1 Å². The highest BCUT2D eigenvalue weighted by atomic mass is 35.5. The van der Waals surface area contributed by atoms with Crippen LogP contribution in [0.1, 0.15) is 11.1 Å². The molecule has 86 valence electrons. The van der Waals surface area contributed by atoms with Gasteiger partial charge < -0.3 is 11.1 Å². The molecule has 0 heterocycles. The van der Waals surface area contributed by atoms with Gasteiger partial charge in [-0.3, -0.25) is 9.59 Å². The Kier molecular flexibility index (Phi) is 4.46. The van der Waals surface area contributed by atoms with E-state index in [1.807, 2.05) is 13.0 Å². The number of Topliss-reactive ketones (excluding diaryl/α,β-unsaturated/α-hetero) is 1. The molecule has 0 spiro atoms. The Morgan fingerprint density at radius 1 is 1.44 bits per heavy atom. The number of ketones is 1. The number of hydrogen-bond acceptors (Lipinski definition) is 3. The van der Waals surface area contributed by atoms with E-state index in [-0.39, 0.29) is 6.54 Å². The zero-order chi connectivity index (χ0) is 12.1. The second-order valence-corrected chi connectivity index (χ2v) is 3.82. The number of halogens is 1. The molecule has 0 aromatic heterocycles. The average Bonchev–Trinajstić information content (AvgIpc) is 2.26. The van der Waals surface area contributed by atoms with E-state index >= 15 is 0 Å². The van der Waals surface area contributed by atoms with Crippen molar-refractivity contribution in [2.24, 2.45) is 5.73 Å². The quantitative estimate of drug-likeness (QED) is 0.765. The number of carbonyl (C=O) groups excluding carboxylic acids is 2. The van der Waals surface area contributed by atoms with E-state index in [1.165, 1.54) is 0 Å². The number of hydrogen-bond donors (Lipinski definition) is 2. The summed E-state index contributed by atoms with van der Waals surface area (Å²) in [7, 11) is 0. The maximum Gasteiger partial charge on any atom is 0.289 e. The number of benzene rings is 1. The van der Waals surface area contributed by atoms with Gasteiger partial charge in [0, 0.05) is 11.6 Å². The topological polar surface area (TPSA) is 72.2 Å². The van der Waals surface area contributed by atoms with E-state index in [2.05, 4.69) is 5.32 Å². The Bertz CT molecular complexity index is 418. The van der Waals surface area contributed by atoms with Crippen molar-refractivity contribution < 1.29 is 9.59 Å². The number of amides is 1. The van der Waals surface area contributed by atoms with Crippen LogP contribution in [0.15, 0.2) is 18.2 Å². The largest absolute Gasteiger partial charge is 0.345 e. The van der Waals surface area contributed by atoms with Gasteiger partial charge in [0.2, 0.25) is 5.78 Å². The summed E-state index contributed by atoms with van der Waals surface area (Å²) in [5, 5.41) is 3.14. The van der Waals surface area contributed by atoms with Gasteiger partial charge in [0.15, 0.2) is 0 Å². The Morgan fingerprint density at radius 3 is 2.69 bits per heavy atom. The van der Waals surface area contributed by atoms with Gasteiger partial charge in [-0.2, -0.15) is 0 Å². The maximum atomic E-state index is 11.2. The first-order valence-corrected chi connectivity index (χ1v) is 5.18. The lowest BCUT2D eigenvalue weighted by molar-refractivity contribution is -0.137. The van der Waals surface area contributed by atoms with Gasteiger partial charge >= 0.3 is 0 Å². The van der Waals surface area contributed by atoms with Crippen LogP contribution in [0.3, 0.4) is 0 Å². The maximum absolute atomic E-state index is 11.2. The summed E-state index contributed by atoms with van der Waals surface area (Å²) in [5.41, 5.74) is 6.95. The predicted octanol–water partition coefficient (Wildman–Crippen LogP) is 0.792. The fourth-order valence-electron chi connectivity index (χ4n) is 1.22. The highest BCUT2D eigenvalue weighted by Crippen LogP contribution is 2.14. The van der Waals surface area contributed by atoms with Gasteiger partial charge in [0.25, 0.3) is 5.91 Å².